The first kappa shape index (κ1) is 31.2. The molecule has 0 aliphatic carbocycles. The number of nitrogens with one attached hydrogen (secondary N) is 1. The number of methoxy groups -OCH3 is 2. The monoisotopic (exact) mass is 555 g/mol. The molecule has 2 aromatic carbocycles. The van der Waals surface area contributed by atoms with E-state index in [-0.39, 0.29) is 29.9 Å². The van der Waals surface area contributed by atoms with Gasteiger partial charge in [-0.1, -0.05) is 30.3 Å². The highest BCUT2D eigenvalue weighted by Gasteiger charge is 2.33. The van der Waals surface area contributed by atoms with Crippen LogP contribution < -0.4 is 14.8 Å². The van der Waals surface area contributed by atoms with Crippen molar-refractivity contribution >= 4 is 12.0 Å². The summed E-state index contributed by atoms with van der Waals surface area (Å²) in [5.41, 5.74) is 1.61. The van der Waals surface area contributed by atoms with Crippen LogP contribution in [-0.4, -0.2) is 88.1 Å². The van der Waals surface area contributed by atoms with E-state index >= 15 is 0 Å². The normalized spacial score (nSPS) is 16.6. The number of hydrogen-bond acceptors (Lipinski definition) is 7. The van der Waals surface area contributed by atoms with Crippen LogP contribution in [0, 0.1) is 11.8 Å². The first-order chi connectivity index (χ1) is 19.4. The molecule has 0 radical (unpaired) electrons. The van der Waals surface area contributed by atoms with E-state index in [9.17, 15) is 9.59 Å². The van der Waals surface area contributed by atoms with Crippen molar-refractivity contribution in [3.63, 3.8) is 0 Å². The molecule has 0 saturated carbocycles. The summed E-state index contributed by atoms with van der Waals surface area (Å²) in [5.74, 6) is 1.33. The Hall–Kier alpha value is -3.30. The van der Waals surface area contributed by atoms with Crippen LogP contribution in [0.2, 0.25) is 0 Å². The van der Waals surface area contributed by atoms with Gasteiger partial charge in [0.2, 0.25) is 0 Å². The van der Waals surface area contributed by atoms with Crippen LogP contribution in [0.5, 0.6) is 11.5 Å². The molecular formula is C31H45N3O6. The predicted octanol–water partition coefficient (Wildman–Crippen LogP) is 4.46. The Balaban J connectivity index is 1.62. The summed E-state index contributed by atoms with van der Waals surface area (Å²) in [7, 11) is 3.24. The molecule has 0 aromatic heterocycles. The standard InChI is InChI=1S/C31H45N3O6/c1-6-33(20-24-11-8-7-9-12-24)31(36)40-22-27-19-32-18-26(27)21-34(23(2)3)30(35)25-13-14-28(38-5)29(17-25)39-16-10-15-37-4/h7-9,11-14,17,23,26-27,32H,6,10,15-16,18-22H2,1-5H3/t26-,27-/m0/s1. The molecule has 2 atom stereocenters. The van der Waals surface area contributed by atoms with Gasteiger partial charge >= 0.3 is 6.09 Å². The number of carbonyl (C=O) groups excluding carboxylic acids is 2. The van der Waals surface area contributed by atoms with Gasteiger partial charge in [-0.25, -0.2) is 4.79 Å². The maximum Gasteiger partial charge on any atom is 0.410 e. The molecule has 220 valence electrons. The van der Waals surface area contributed by atoms with Gasteiger partial charge in [0.25, 0.3) is 5.91 Å². The molecule has 40 heavy (non-hydrogen) atoms. The zero-order valence-corrected chi connectivity index (χ0v) is 24.6. The highest BCUT2D eigenvalue weighted by Crippen LogP contribution is 2.30. The van der Waals surface area contributed by atoms with Gasteiger partial charge in [-0.15, -0.1) is 0 Å². The van der Waals surface area contributed by atoms with Gasteiger partial charge in [0.1, 0.15) is 0 Å². The van der Waals surface area contributed by atoms with Crippen LogP contribution in [0.4, 0.5) is 4.79 Å². The second-order valence-corrected chi connectivity index (χ2v) is 10.4. The largest absolute Gasteiger partial charge is 0.493 e. The van der Waals surface area contributed by atoms with Crippen LogP contribution >= 0.6 is 0 Å². The molecular weight excluding hydrogens is 510 g/mol. The Morgan fingerprint density at radius 3 is 2.42 bits per heavy atom. The lowest BCUT2D eigenvalue weighted by molar-refractivity contribution is 0.0591. The second kappa shape index (κ2) is 16.1. The van der Waals surface area contributed by atoms with Crippen LogP contribution in [0.25, 0.3) is 0 Å². The van der Waals surface area contributed by atoms with Crippen molar-refractivity contribution in [2.45, 2.75) is 39.8 Å². The third-order valence-electron chi connectivity index (χ3n) is 7.23. The molecule has 1 N–H and O–H groups in total. The van der Waals surface area contributed by atoms with Crippen LogP contribution in [0.3, 0.4) is 0 Å². The Labute approximate surface area is 238 Å². The van der Waals surface area contributed by atoms with E-state index in [2.05, 4.69) is 5.32 Å². The minimum atomic E-state index is -0.315. The molecule has 0 bridgehead atoms. The molecule has 1 fully saturated rings. The van der Waals surface area contributed by atoms with E-state index in [1.807, 2.05) is 56.0 Å². The molecule has 0 spiro atoms. The number of benzene rings is 2. The van der Waals surface area contributed by atoms with Crippen LogP contribution in [-0.2, 0) is 16.0 Å². The molecule has 0 unspecified atom stereocenters. The van der Waals surface area contributed by atoms with Crippen molar-refractivity contribution in [2.75, 3.05) is 60.2 Å². The van der Waals surface area contributed by atoms with Gasteiger partial charge in [0.05, 0.1) is 20.3 Å². The van der Waals surface area contributed by atoms with Crippen LogP contribution in [0.1, 0.15) is 43.1 Å². The highest BCUT2D eigenvalue weighted by molar-refractivity contribution is 5.95. The summed E-state index contributed by atoms with van der Waals surface area (Å²) in [6.07, 6.45) is 0.420. The molecule has 1 aliphatic rings. The quantitative estimate of drug-likeness (QED) is 0.325. The SMILES string of the molecule is CCN(Cc1ccccc1)C(=O)OC[C@@H]1CNC[C@H]1CN(C(=O)c1ccc(OC)c(OCCCOC)c1)C(C)C. The number of nitrogens with zero attached hydrogens (tertiary/aromatic N) is 2. The van der Waals surface area contributed by atoms with Crippen molar-refractivity contribution in [3.8, 4) is 11.5 Å². The Morgan fingerprint density at radius 1 is 1.00 bits per heavy atom. The number of hydrogen-bond donors (Lipinski definition) is 1. The molecule has 9 heteroatoms. The summed E-state index contributed by atoms with van der Waals surface area (Å²) in [5, 5.41) is 3.42. The Bertz CT molecular complexity index is 1060. The topological polar surface area (TPSA) is 89.6 Å². The fraction of sp³-hybridized carbons (Fsp3) is 0.548. The van der Waals surface area contributed by atoms with Gasteiger partial charge in [0, 0.05) is 70.4 Å². The zero-order chi connectivity index (χ0) is 28.9. The number of amides is 2. The maximum atomic E-state index is 13.7. The first-order valence-corrected chi connectivity index (χ1v) is 14.1. The minimum absolute atomic E-state index is 0.00840. The minimum Gasteiger partial charge on any atom is -0.493 e. The van der Waals surface area contributed by atoms with E-state index in [4.69, 9.17) is 18.9 Å². The van der Waals surface area contributed by atoms with Crippen molar-refractivity contribution in [2.24, 2.45) is 11.8 Å². The van der Waals surface area contributed by atoms with Crippen molar-refractivity contribution in [3.05, 3.63) is 59.7 Å². The lowest BCUT2D eigenvalue weighted by atomic mass is 9.95. The molecule has 9 nitrogen and oxygen atoms in total. The predicted molar refractivity (Wildman–Crippen MR) is 155 cm³/mol. The van der Waals surface area contributed by atoms with Gasteiger partial charge in [-0.05, 0) is 50.5 Å². The molecule has 2 amide bonds. The Kier molecular flexibility index (Phi) is 12.6. The van der Waals surface area contributed by atoms with Gasteiger partial charge in [-0.2, -0.15) is 0 Å². The maximum absolute atomic E-state index is 13.7. The summed E-state index contributed by atoms with van der Waals surface area (Å²) in [4.78, 5) is 30.1. The lowest BCUT2D eigenvalue weighted by Gasteiger charge is -2.32. The molecule has 3 rings (SSSR count). The van der Waals surface area contributed by atoms with E-state index < -0.39 is 0 Å². The highest BCUT2D eigenvalue weighted by atomic mass is 16.6. The smallest absolute Gasteiger partial charge is 0.410 e. The van der Waals surface area contributed by atoms with Crippen molar-refractivity contribution < 1.29 is 28.5 Å². The second-order valence-electron chi connectivity index (χ2n) is 10.4. The third-order valence-corrected chi connectivity index (χ3v) is 7.23. The average Bonchev–Trinajstić information content (AvgIpc) is 3.42. The summed E-state index contributed by atoms with van der Waals surface area (Å²) < 4.78 is 22.2. The van der Waals surface area contributed by atoms with Crippen molar-refractivity contribution in [1.29, 1.82) is 0 Å². The fourth-order valence-electron chi connectivity index (χ4n) is 4.83. The first-order valence-electron chi connectivity index (χ1n) is 14.1. The molecule has 1 heterocycles. The van der Waals surface area contributed by atoms with Gasteiger partial charge in [0.15, 0.2) is 11.5 Å². The van der Waals surface area contributed by atoms with Crippen LogP contribution in [0.15, 0.2) is 48.5 Å². The molecule has 1 aliphatic heterocycles. The number of rotatable bonds is 15. The fourth-order valence-corrected chi connectivity index (χ4v) is 4.83. The summed E-state index contributed by atoms with van der Waals surface area (Å²) >= 11 is 0. The van der Waals surface area contributed by atoms with Gasteiger partial charge < -0.3 is 34.1 Å². The van der Waals surface area contributed by atoms with E-state index in [0.717, 1.165) is 25.1 Å². The van der Waals surface area contributed by atoms with E-state index in [0.29, 0.717) is 56.5 Å². The number of carbonyl (C=O) groups is 2. The summed E-state index contributed by atoms with van der Waals surface area (Å²) in [6.45, 7) is 10.5. The van der Waals surface area contributed by atoms with Gasteiger partial charge in [-0.3, -0.25) is 4.79 Å². The lowest BCUT2D eigenvalue weighted by Crippen LogP contribution is -2.43. The van der Waals surface area contributed by atoms with E-state index in [1.54, 1.807) is 37.3 Å². The zero-order valence-electron chi connectivity index (χ0n) is 24.6. The van der Waals surface area contributed by atoms with E-state index in [1.165, 1.54) is 0 Å². The average molecular weight is 556 g/mol. The third kappa shape index (κ3) is 8.86. The van der Waals surface area contributed by atoms with Crippen molar-refractivity contribution in [1.82, 2.24) is 15.1 Å². The molecule has 2 aromatic rings. The molecule has 1 saturated heterocycles. The summed E-state index contributed by atoms with van der Waals surface area (Å²) in [6, 6.07) is 15.2. The Morgan fingerprint density at radius 2 is 1.75 bits per heavy atom. The number of ether oxygens (including phenoxy) is 4.